The Morgan fingerprint density at radius 2 is 2.04 bits per heavy atom. The lowest BCUT2D eigenvalue weighted by molar-refractivity contribution is -0.384. The average molecular weight is 312 g/mol. The highest BCUT2D eigenvalue weighted by Gasteiger charge is 2.32. The summed E-state index contributed by atoms with van der Waals surface area (Å²) in [5, 5.41) is 13.6. The lowest BCUT2D eigenvalue weighted by atomic mass is 10.2. The number of urea groups is 1. The van der Waals surface area contributed by atoms with Crippen molar-refractivity contribution in [3.63, 3.8) is 0 Å². The summed E-state index contributed by atoms with van der Waals surface area (Å²) in [6.45, 7) is 0.494. The first kappa shape index (κ1) is 15.0. The Morgan fingerprint density at radius 3 is 2.70 bits per heavy atom. The van der Waals surface area contributed by atoms with Gasteiger partial charge in [0, 0.05) is 42.8 Å². The first-order valence-electron chi connectivity index (χ1n) is 7.34. The number of hydrogen-bond acceptors (Lipinski definition) is 4. The maximum atomic E-state index is 12.5. The standard InChI is InChI=1S/C16H16N4O3/c21-16(18-13-2-1-3-15(10-13)20(22)23)19(14-4-5-14)11-12-6-8-17-9-7-12/h1-3,6-10,14H,4-5,11H2,(H,18,21). The number of amides is 2. The number of carbonyl (C=O) groups is 1. The van der Waals surface area contributed by atoms with Crippen LogP contribution in [-0.4, -0.2) is 26.9 Å². The van der Waals surface area contributed by atoms with Gasteiger partial charge in [0.05, 0.1) is 4.92 Å². The SMILES string of the molecule is O=C(Nc1cccc([N+](=O)[O-])c1)N(Cc1ccncc1)C1CC1. The Balaban J connectivity index is 1.72. The zero-order valence-corrected chi connectivity index (χ0v) is 12.4. The molecule has 1 saturated carbocycles. The second-order valence-corrected chi connectivity index (χ2v) is 5.45. The van der Waals surface area contributed by atoms with Crippen LogP contribution in [0.2, 0.25) is 0 Å². The molecule has 1 aliphatic carbocycles. The number of pyridine rings is 1. The summed E-state index contributed by atoms with van der Waals surface area (Å²) in [5.74, 6) is 0. The van der Waals surface area contributed by atoms with Crippen molar-refractivity contribution >= 4 is 17.4 Å². The molecule has 118 valence electrons. The Labute approximate surface area is 133 Å². The second kappa shape index (κ2) is 6.43. The third-order valence-corrected chi connectivity index (χ3v) is 3.66. The van der Waals surface area contributed by atoms with Crippen LogP contribution in [0.1, 0.15) is 18.4 Å². The molecule has 0 unspecified atom stereocenters. The van der Waals surface area contributed by atoms with Gasteiger partial charge in [0.25, 0.3) is 5.69 Å². The quantitative estimate of drug-likeness (QED) is 0.678. The summed E-state index contributed by atoms with van der Waals surface area (Å²) in [6.07, 6.45) is 5.35. The van der Waals surface area contributed by atoms with Crippen LogP contribution in [0.25, 0.3) is 0 Å². The molecule has 23 heavy (non-hydrogen) atoms. The Bertz CT molecular complexity index is 716. The Hall–Kier alpha value is -2.96. The predicted molar refractivity (Wildman–Crippen MR) is 84.9 cm³/mol. The molecule has 1 N–H and O–H groups in total. The van der Waals surface area contributed by atoms with E-state index in [1.54, 1.807) is 29.4 Å². The van der Waals surface area contributed by atoms with Gasteiger partial charge in [-0.1, -0.05) is 6.07 Å². The summed E-state index contributed by atoms with van der Waals surface area (Å²) in [7, 11) is 0. The number of benzene rings is 1. The lowest BCUT2D eigenvalue weighted by Crippen LogP contribution is -2.36. The highest BCUT2D eigenvalue weighted by atomic mass is 16.6. The fourth-order valence-corrected chi connectivity index (χ4v) is 2.33. The van der Waals surface area contributed by atoms with Gasteiger partial charge >= 0.3 is 6.03 Å². The van der Waals surface area contributed by atoms with Gasteiger partial charge in [-0.15, -0.1) is 0 Å². The summed E-state index contributed by atoms with van der Waals surface area (Å²) < 4.78 is 0. The van der Waals surface area contributed by atoms with Crippen LogP contribution in [-0.2, 0) is 6.54 Å². The summed E-state index contributed by atoms with van der Waals surface area (Å²) in [5.41, 5.74) is 1.38. The molecule has 0 atom stereocenters. The molecule has 1 aromatic heterocycles. The van der Waals surface area contributed by atoms with E-state index in [1.807, 2.05) is 12.1 Å². The van der Waals surface area contributed by atoms with E-state index in [2.05, 4.69) is 10.3 Å². The van der Waals surface area contributed by atoms with E-state index >= 15 is 0 Å². The Morgan fingerprint density at radius 1 is 1.30 bits per heavy atom. The van der Waals surface area contributed by atoms with E-state index in [0.29, 0.717) is 12.2 Å². The number of nitrogens with one attached hydrogen (secondary N) is 1. The number of nitro groups is 1. The molecule has 0 aliphatic heterocycles. The van der Waals surface area contributed by atoms with Gasteiger partial charge in [0.15, 0.2) is 0 Å². The Kier molecular flexibility index (Phi) is 4.18. The molecule has 2 amide bonds. The van der Waals surface area contributed by atoms with Gasteiger partial charge in [-0.05, 0) is 36.6 Å². The number of aromatic nitrogens is 1. The van der Waals surface area contributed by atoms with Crippen LogP contribution >= 0.6 is 0 Å². The fraction of sp³-hybridized carbons (Fsp3) is 0.250. The minimum absolute atomic E-state index is 0.0464. The first-order valence-corrected chi connectivity index (χ1v) is 7.34. The highest BCUT2D eigenvalue weighted by molar-refractivity contribution is 5.90. The van der Waals surface area contributed by atoms with E-state index in [9.17, 15) is 14.9 Å². The number of rotatable bonds is 5. The maximum Gasteiger partial charge on any atom is 0.322 e. The second-order valence-electron chi connectivity index (χ2n) is 5.45. The van der Waals surface area contributed by atoms with E-state index in [1.165, 1.54) is 12.1 Å². The molecule has 1 aliphatic rings. The van der Waals surface area contributed by atoms with Gasteiger partial charge < -0.3 is 10.2 Å². The number of hydrogen-bond donors (Lipinski definition) is 1. The number of carbonyl (C=O) groups excluding carboxylic acids is 1. The number of anilines is 1. The molecule has 0 radical (unpaired) electrons. The number of nitrogens with zero attached hydrogens (tertiary/aromatic N) is 3. The zero-order valence-electron chi connectivity index (χ0n) is 12.4. The van der Waals surface area contributed by atoms with Crippen LogP contribution in [0.3, 0.4) is 0 Å². The smallest absolute Gasteiger partial charge is 0.317 e. The van der Waals surface area contributed by atoms with Crippen molar-refractivity contribution in [2.24, 2.45) is 0 Å². The molecule has 1 heterocycles. The average Bonchev–Trinajstić information content (AvgIpc) is 3.38. The largest absolute Gasteiger partial charge is 0.322 e. The van der Waals surface area contributed by atoms with Gasteiger partial charge in [0.2, 0.25) is 0 Å². The van der Waals surface area contributed by atoms with E-state index in [4.69, 9.17) is 0 Å². The number of nitro benzene ring substituents is 1. The van der Waals surface area contributed by atoms with Crippen LogP contribution in [0, 0.1) is 10.1 Å². The normalized spacial score (nSPS) is 13.4. The summed E-state index contributed by atoms with van der Waals surface area (Å²) in [4.78, 5) is 28.6. The molecule has 7 heteroatoms. The van der Waals surface area contributed by atoms with E-state index in [0.717, 1.165) is 18.4 Å². The molecule has 0 saturated heterocycles. The van der Waals surface area contributed by atoms with Gasteiger partial charge in [-0.2, -0.15) is 0 Å². The molecule has 1 fully saturated rings. The first-order chi connectivity index (χ1) is 11.1. The van der Waals surface area contributed by atoms with Crippen LogP contribution in [0.5, 0.6) is 0 Å². The number of non-ortho nitro benzene ring substituents is 1. The van der Waals surface area contributed by atoms with E-state index in [-0.39, 0.29) is 17.8 Å². The van der Waals surface area contributed by atoms with Crippen molar-refractivity contribution in [1.29, 1.82) is 0 Å². The van der Waals surface area contributed by atoms with Crippen molar-refractivity contribution < 1.29 is 9.72 Å². The van der Waals surface area contributed by atoms with Crippen molar-refractivity contribution in [3.05, 3.63) is 64.5 Å². The molecule has 1 aromatic carbocycles. The van der Waals surface area contributed by atoms with Crippen molar-refractivity contribution in [1.82, 2.24) is 9.88 Å². The molecular formula is C16H16N4O3. The van der Waals surface area contributed by atoms with Crippen LogP contribution in [0.15, 0.2) is 48.8 Å². The van der Waals surface area contributed by atoms with Crippen molar-refractivity contribution in [2.45, 2.75) is 25.4 Å². The molecule has 0 bridgehead atoms. The minimum Gasteiger partial charge on any atom is -0.317 e. The monoisotopic (exact) mass is 312 g/mol. The van der Waals surface area contributed by atoms with Crippen molar-refractivity contribution in [3.8, 4) is 0 Å². The minimum atomic E-state index is -0.481. The fourth-order valence-electron chi connectivity index (χ4n) is 2.33. The topological polar surface area (TPSA) is 88.4 Å². The molecular weight excluding hydrogens is 296 g/mol. The highest BCUT2D eigenvalue weighted by Crippen LogP contribution is 2.29. The molecule has 0 spiro atoms. The third-order valence-electron chi connectivity index (χ3n) is 3.66. The molecule has 2 aromatic rings. The van der Waals surface area contributed by atoms with Crippen LogP contribution < -0.4 is 5.32 Å². The van der Waals surface area contributed by atoms with Crippen molar-refractivity contribution in [2.75, 3.05) is 5.32 Å². The molecule has 3 rings (SSSR count). The van der Waals surface area contributed by atoms with Gasteiger partial charge in [-0.25, -0.2) is 4.79 Å². The van der Waals surface area contributed by atoms with Gasteiger partial charge in [-0.3, -0.25) is 15.1 Å². The lowest BCUT2D eigenvalue weighted by Gasteiger charge is -2.23. The summed E-state index contributed by atoms with van der Waals surface area (Å²) >= 11 is 0. The predicted octanol–water partition coefficient (Wildman–Crippen LogP) is 3.19. The van der Waals surface area contributed by atoms with Crippen LogP contribution in [0.4, 0.5) is 16.2 Å². The van der Waals surface area contributed by atoms with Gasteiger partial charge in [0.1, 0.15) is 0 Å². The summed E-state index contributed by atoms with van der Waals surface area (Å²) in [6, 6.07) is 9.67. The third kappa shape index (κ3) is 3.82. The maximum absolute atomic E-state index is 12.5. The zero-order chi connectivity index (χ0) is 16.2. The van der Waals surface area contributed by atoms with E-state index < -0.39 is 4.92 Å². The molecule has 7 nitrogen and oxygen atoms in total.